The van der Waals surface area contributed by atoms with Crippen LogP contribution in [0, 0.1) is 0 Å². The molecule has 0 rings (SSSR count). The van der Waals surface area contributed by atoms with E-state index in [1.807, 2.05) is 0 Å². The first kappa shape index (κ1) is 39.2. The standard InChI is InChI=1S/2C6H12O6.C6H14O6/c2*7-1-3(9)5(11)6(12)4(10)2-8;1-2-3-4(7)5(8,9)6(10,11)12/h3,5-9,11-12H,1-2H2;1,3-6,8-12H,2H2;4,7-12H,2-3H2,1H3. The summed E-state index contributed by atoms with van der Waals surface area (Å²) in [5, 5.41) is 138. The number of ketones is 1. The smallest absolute Gasteiger partial charge is 0.335 e. The Morgan fingerprint density at radius 3 is 1.47 bits per heavy atom. The van der Waals surface area contributed by atoms with Gasteiger partial charge in [0.05, 0.1) is 13.2 Å². The fourth-order valence-corrected chi connectivity index (χ4v) is 1.92. The van der Waals surface area contributed by atoms with Gasteiger partial charge in [-0.1, -0.05) is 13.3 Å². The van der Waals surface area contributed by atoms with Gasteiger partial charge in [-0.25, -0.2) is 0 Å². The molecule has 0 aromatic carbocycles. The first-order valence-electron chi connectivity index (χ1n) is 10.2. The van der Waals surface area contributed by atoms with Crippen LogP contribution < -0.4 is 0 Å². The number of hydrogen-bond donors (Lipinski definition) is 16. The van der Waals surface area contributed by atoms with Crippen molar-refractivity contribution in [1.82, 2.24) is 0 Å². The van der Waals surface area contributed by atoms with E-state index in [1.54, 1.807) is 6.92 Å². The lowest BCUT2D eigenvalue weighted by Gasteiger charge is -2.33. The summed E-state index contributed by atoms with van der Waals surface area (Å²) in [6, 6.07) is 0. The third kappa shape index (κ3) is 13.9. The summed E-state index contributed by atoms with van der Waals surface area (Å²) in [7, 11) is 0. The van der Waals surface area contributed by atoms with Crippen LogP contribution in [0.15, 0.2) is 0 Å². The molecule has 0 spiro atoms. The fourth-order valence-electron chi connectivity index (χ4n) is 1.92. The molecule has 0 saturated carbocycles. The molecule has 0 aromatic rings. The molecule has 0 aromatic heterocycles. The van der Waals surface area contributed by atoms with Crippen molar-refractivity contribution in [3.63, 3.8) is 0 Å². The van der Waals surface area contributed by atoms with Gasteiger partial charge in [0.1, 0.15) is 55.4 Å². The molecule has 16 N–H and O–H groups in total. The molecule has 0 amide bonds. The number of carbonyl (C=O) groups excluding carboxylic acids is 2. The zero-order valence-corrected chi connectivity index (χ0v) is 19.2. The zero-order chi connectivity index (χ0) is 29.4. The third-order valence-corrected chi connectivity index (χ3v) is 4.33. The van der Waals surface area contributed by atoms with Crippen molar-refractivity contribution in [2.75, 3.05) is 19.8 Å². The summed E-state index contributed by atoms with van der Waals surface area (Å²) in [5.41, 5.74) is 0. The predicted molar refractivity (Wildman–Crippen MR) is 112 cm³/mol. The second-order valence-electron chi connectivity index (χ2n) is 7.33. The highest BCUT2D eigenvalue weighted by Crippen LogP contribution is 2.21. The zero-order valence-electron chi connectivity index (χ0n) is 19.2. The van der Waals surface area contributed by atoms with Gasteiger partial charge in [-0.2, -0.15) is 0 Å². The minimum absolute atomic E-state index is 0.0258. The van der Waals surface area contributed by atoms with Gasteiger partial charge in [0, 0.05) is 0 Å². The largest absolute Gasteiger partial charge is 0.394 e. The van der Waals surface area contributed by atoms with E-state index in [2.05, 4.69) is 0 Å². The van der Waals surface area contributed by atoms with Crippen LogP contribution in [0.2, 0.25) is 0 Å². The van der Waals surface area contributed by atoms with Crippen LogP contribution >= 0.6 is 0 Å². The van der Waals surface area contributed by atoms with Crippen LogP contribution in [0.5, 0.6) is 0 Å². The quantitative estimate of drug-likeness (QED) is 0.0715. The van der Waals surface area contributed by atoms with Crippen molar-refractivity contribution < 1.29 is 91.3 Å². The molecular formula is C18H38O18. The lowest BCUT2D eigenvalue weighted by atomic mass is 10.0. The van der Waals surface area contributed by atoms with Crippen LogP contribution in [0.1, 0.15) is 19.8 Å². The predicted octanol–water partition coefficient (Wildman–Crippen LogP) is -9.30. The molecule has 0 bridgehead atoms. The Hall–Kier alpha value is -1.30. The lowest BCUT2D eigenvalue weighted by molar-refractivity contribution is -0.464. The Morgan fingerprint density at radius 1 is 0.750 bits per heavy atom. The van der Waals surface area contributed by atoms with Gasteiger partial charge in [0.2, 0.25) is 0 Å². The Morgan fingerprint density at radius 2 is 1.17 bits per heavy atom. The lowest BCUT2D eigenvalue weighted by Crippen LogP contribution is -2.61. The first-order valence-corrected chi connectivity index (χ1v) is 10.2. The summed E-state index contributed by atoms with van der Waals surface area (Å²) >= 11 is 0. The van der Waals surface area contributed by atoms with Crippen molar-refractivity contribution in [3.05, 3.63) is 0 Å². The molecular weight excluding hydrogens is 504 g/mol. The van der Waals surface area contributed by atoms with Gasteiger partial charge < -0.3 is 86.5 Å². The second-order valence-corrected chi connectivity index (χ2v) is 7.33. The number of rotatable bonds is 14. The second kappa shape index (κ2) is 18.9. The van der Waals surface area contributed by atoms with Crippen LogP contribution in [0.4, 0.5) is 0 Å². The molecule has 18 nitrogen and oxygen atoms in total. The summed E-state index contributed by atoms with van der Waals surface area (Å²) in [6.07, 6.45) is -13.5. The summed E-state index contributed by atoms with van der Waals surface area (Å²) in [6.45, 7) is -0.801. The molecule has 36 heavy (non-hydrogen) atoms. The van der Waals surface area contributed by atoms with Gasteiger partial charge in [0.25, 0.3) is 5.79 Å². The minimum Gasteiger partial charge on any atom is -0.394 e. The SMILES string of the molecule is CCCC(O)C(O)(O)C(O)(O)O.O=C(CO)C(O)C(O)C(O)CO.O=CC(O)C(O)C(O)C(O)CO. The van der Waals surface area contributed by atoms with Gasteiger partial charge in [-0.3, -0.25) is 4.79 Å². The third-order valence-electron chi connectivity index (χ3n) is 4.33. The maximum atomic E-state index is 10.5. The van der Waals surface area contributed by atoms with Crippen LogP contribution in [0.3, 0.4) is 0 Å². The van der Waals surface area contributed by atoms with Crippen LogP contribution in [0.25, 0.3) is 0 Å². The van der Waals surface area contributed by atoms with Gasteiger partial charge in [-0.05, 0) is 6.42 Å². The maximum absolute atomic E-state index is 10.5. The summed E-state index contributed by atoms with van der Waals surface area (Å²) in [4.78, 5) is 20.4. The molecule has 0 aliphatic carbocycles. The molecule has 218 valence electrons. The molecule has 8 unspecified atom stereocenters. The van der Waals surface area contributed by atoms with E-state index in [0.717, 1.165) is 0 Å². The number of carbonyl (C=O) groups is 2. The van der Waals surface area contributed by atoms with Gasteiger partial charge >= 0.3 is 5.97 Å². The average molecular weight is 542 g/mol. The highest BCUT2D eigenvalue weighted by atomic mass is 16.7. The van der Waals surface area contributed by atoms with E-state index >= 15 is 0 Å². The Labute approximate surface area is 204 Å². The van der Waals surface area contributed by atoms with E-state index in [1.165, 1.54) is 0 Å². The molecule has 0 fully saturated rings. The van der Waals surface area contributed by atoms with Crippen molar-refractivity contribution in [2.45, 2.75) is 80.4 Å². The normalized spacial score (nSPS) is 18.6. The van der Waals surface area contributed by atoms with Gasteiger partial charge in [0.15, 0.2) is 12.1 Å². The number of Topliss-reactive ketones (excluding diaryl/α,β-unsaturated/α-hetero) is 1. The van der Waals surface area contributed by atoms with E-state index in [9.17, 15) is 9.59 Å². The molecule has 0 radical (unpaired) electrons. The molecule has 18 heteroatoms. The fraction of sp³-hybridized carbons (Fsp3) is 0.889. The number of aldehydes is 1. The first-order chi connectivity index (χ1) is 16.3. The highest BCUT2D eigenvalue weighted by molar-refractivity contribution is 5.84. The topological polar surface area (TPSA) is 358 Å². The van der Waals surface area contributed by atoms with Gasteiger partial charge in [-0.15, -0.1) is 0 Å². The Kier molecular flexibility index (Phi) is 20.6. The van der Waals surface area contributed by atoms with Crippen LogP contribution in [-0.4, -0.2) is 174 Å². The molecule has 0 aliphatic heterocycles. The average Bonchev–Trinajstić information content (AvgIpc) is 2.84. The number of hydrogen-bond acceptors (Lipinski definition) is 18. The van der Waals surface area contributed by atoms with Crippen molar-refractivity contribution in [1.29, 1.82) is 0 Å². The number of aliphatic hydroxyl groups excluding tert-OH is 11. The van der Waals surface area contributed by atoms with Crippen molar-refractivity contribution in [2.24, 2.45) is 0 Å². The maximum Gasteiger partial charge on any atom is 0.335 e. The van der Waals surface area contributed by atoms with Crippen molar-refractivity contribution in [3.8, 4) is 0 Å². The monoisotopic (exact) mass is 542 g/mol. The summed E-state index contributed by atoms with van der Waals surface area (Å²) < 4.78 is 0. The van der Waals surface area contributed by atoms with E-state index in [-0.39, 0.29) is 12.7 Å². The Balaban J connectivity index is -0.000000454. The van der Waals surface area contributed by atoms with E-state index in [4.69, 9.17) is 81.7 Å². The van der Waals surface area contributed by atoms with Crippen molar-refractivity contribution >= 4 is 12.1 Å². The number of aliphatic hydroxyl groups is 16. The van der Waals surface area contributed by atoms with E-state index < -0.39 is 86.2 Å². The Bertz CT molecular complexity index is 581. The minimum atomic E-state index is -3.72. The molecule has 0 heterocycles. The summed E-state index contributed by atoms with van der Waals surface area (Å²) in [5.74, 6) is -8.06. The van der Waals surface area contributed by atoms with E-state index in [0.29, 0.717) is 6.42 Å². The van der Waals surface area contributed by atoms with Crippen LogP contribution in [-0.2, 0) is 9.59 Å². The molecule has 8 atom stereocenters. The molecule has 0 aliphatic rings. The highest BCUT2D eigenvalue weighted by Gasteiger charge is 2.51. The molecule has 0 saturated heterocycles.